The average molecular weight is 114 g/mol. The molecule has 1 nitrogen and oxygen atoms in total. The van der Waals surface area contributed by atoms with Gasteiger partial charge in [-0.05, 0) is 6.42 Å². The van der Waals surface area contributed by atoms with Crippen LogP contribution in [-0.4, -0.2) is 49.5 Å². The predicted octanol–water partition coefficient (Wildman–Crippen LogP) is 0.398. The Kier molecular flexibility index (Phi) is 16.3. The number of unbranched alkanes of at least 4 members (excludes halogenated alkanes) is 1. The molecule has 0 bridgehead atoms. The fourth-order valence-electron chi connectivity index (χ4n) is 0.158. The number of aliphatic hydroxyl groups is 1. The molecule has 0 aliphatic carbocycles. The smallest absolute Gasteiger partial charge is 0.0430 e. The minimum absolute atomic E-state index is 0. The maximum atomic E-state index is 8.07. The molecule has 0 amide bonds. The number of hydrogen-bond donors (Lipinski definition) is 1. The summed E-state index contributed by atoms with van der Waals surface area (Å²) < 4.78 is 0. The molecule has 0 rings (SSSR count). The third-order valence-corrected chi connectivity index (χ3v) is 0.512. The Morgan fingerprint density at radius 3 is 2.00 bits per heavy atom. The molecule has 0 saturated carbocycles. The molecule has 2 heteroatoms. The van der Waals surface area contributed by atoms with Gasteiger partial charge >= 0.3 is 0 Å². The summed E-state index contributed by atoms with van der Waals surface area (Å²) in [5, 5.41) is 8.07. The summed E-state index contributed by atoms with van der Waals surface area (Å²) in [5.74, 6) is 0. The van der Waals surface area contributed by atoms with Crippen molar-refractivity contribution < 1.29 is 5.11 Å². The molecule has 0 heterocycles. The Morgan fingerprint density at radius 1 is 1.50 bits per heavy atom. The first-order valence-corrected chi connectivity index (χ1v) is 2.02. The summed E-state index contributed by atoms with van der Waals surface area (Å²) in [4.78, 5) is 0. The molecule has 0 saturated heterocycles. The Morgan fingerprint density at radius 2 is 2.00 bits per heavy atom. The van der Waals surface area contributed by atoms with Crippen LogP contribution in [0.4, 0.5) is 0 Å². The largest absolute Gasteiger partial charge is 0.396 e. The zero-order valence-corrected chi connectivity index (χ0v) is 6.48. The van der Waals surface area contributed by atoms with E-state index in [4.69, 9.17) is 5.11 Å². The first-order valence-electron chi connectivity index (χ1n) is 2.02. The van der Waals surface area contributed by atoms with E-state index in [0.29, 0.717) is 6.61 Å². The second-order valence-corrected chi connectivity index (χ2v) is 1.08. The summed E-state index contributed by atoms with van der Waals surface area (Å²) in [6, 6.07) is 0. The second kappa shape index (κ2) is 9.52. The van der Waals surface area contributed by atoms with Crippen LogP contribution in [0.1, 0.15) is 19.8 Å². The Hall–Kier alpha value is 1.22. The molecule has 0 aliphatic heterocycles. The van der Waals surface area contributed by atoms with Gasteiger partial charge in [-0.3, -0.25) is 0 Å². The molecule has 34 valence electrons. The molecule has 0 fully saturated rings. The summed E-state index contributed by atoms with van der Waals surface area (Å²) in [7, 11) is 0. The molecule has 0 aromatic rings. The minimum Gasteiger partial charge on any atom is -0.396 e. The molecule has 0 aliphatic rings. The van der Waals surface area contributed by atoms with Crippen LogP contribution in [0.2, 0.25) is 0 Å². The molecule has 0 aromatic heterocycles. The van der Waals surface area contributed by atoms with Gasteiger partial charge in [0.25, 0.3) is 0 Å². The number of hydrogen-bond acceptors (Lipinski definition) is 1. The molecule has 6 heavy (non-hydrogen) atoms. The van der Waals surface area contributed by atoms with Gasteiger partial charge in [0.2, 0.25) is 0 Å². The van der Waals surface area contributed by atoms with E-state index in [2.05, 4.69) is 6.92 Å². The number of rotatable bonds is 2. The zero-order chi connectivity index (χ0) is 4.12. The van der Waals surface area contributed by atoms with E-state index in [-0.39, 0.29) is 37.7 Å². The third-order valence-electron chi connectivity index (χ3n) is 0.512. The average Bonchev–Trinajstić information content (AvgIpc) is 1.41. The fourth-order valence-corrected chi connectivity index (χ4v) is 0.158. The first-order chi connectivity index (χ1) is 2.41. The zero-order valence-electron chi connectivity index (χ0n) is 4.28. The van der Waals surface area contributed by atoms with E-state index in [1.165, 1.54) is 0 Å². The maximum Gasteiger partial charge on any atom is 0.0430 e. The van der Waals surface area contributed by atoms with Gasteiger partial charge in [0.1, 0.15) is 0 Å². The SMILES string of the molecule is CCCCO.[Ca]. The van der Waals surface area contributed by atoms with Crippen LogP contribution < -0.4 is 0 Å². The van der Waals surface area contributed by atoms with E-state index in [1.54, 1.807) is 0 Å². The molecule has 0 aromatic carbocycles. The minimum atomic E-state index is 0. The van der Waals surface area contributed by atoms with Crippen molar-refractivity contribution in [2.75, 3.05) is 6.61 Å². The van der Waals surface area contributed by atoms with Gasteiger partial charge in [0, 0.05) is 44.3 Å². The monoisotopic (exact) mass is 114 g/mol. The topological polar surface area (TPSA) is 20.2 Å². The molecular formula is C4H10CaO. The van der Waals surface area contributed by atoms with Crippen molar-refractivity contribution in [2.45, 2.75) is 19.8 Å². The molecule has 0 atom stereocenters. The molecule has 0 spiro atoms. The quantitative estimate of drug-likeness (QED) is 0.515. The van der Waals surface area contributed by atoms with E-state index < -0.39 is 0 Å². The standard InChI is InChI=1S/C4H10O.Ca/c1-2-3-4-5;/h5H,2-4H2,1H3;. The van der Waals surface area contributed by atoms with Gasteiger partial charge < -0.3 is 5.11 Å². The third kappa shape index (κ3) is 8.97. The molecular weight excluding hydrogens is 104 g/mol. The van der Waals surface area contributed by atoms with Crippen LogP contribution in [0.3, 0.4) is 0 Å². The van der Waals surface area contributed by atoms with Crippen molar-refractivity contribution in [3.63, 3.8) is 0 Å². The Balaban J connectivity index is 0. The van der Waals surface area contributed by atoms with Crippen LogP contribution in [0, 0.1) is 0 Å². The maximum absolute atomic E-state index is 8.07. The van der Waals surface area contributed by atoms with E-state index in [0.717, 1.165) is 12.8 Å². The number of aliphatic hydroxyl groups excluding tert-OH is 1. The Labute approximate surface area is 68.7 Å². The van der Waals surface area contributed by atoms with Gasteiger partial charge in [0.15, 0.2) is 0 Å². The van der Waals surface area contributed by atoms with Gasteiger partial charge in [0.05, 0.1) is 0 Å². The van der Waals surface area contributed by atoms with Crippen LogP contribution in [0.5, 0.6) is 0 Å². The molecule has 1 N–H and O–H groups in total. The normalized spacial score (nSPS) is 7.00. The van der Waals surface area contributed by atoms with Crippen molar-refractivity contribution >= 4 is 37.7 Å². The second-order valence-electron chi connectivity index (χ2n) is 1.08. The van der Waals surface area contributed by atoms with Crippen molar-refractivity contribution in [1.29, 1.82) is 0 Å². The fraction of sp³-hybridized carbons (Fsp3) is 1.00. The summed E-state index contributed by atoms with van der Waals surface area (Å²) in [5.41, 5.74) is 0. The van der Waals surface area contributed by atoms with Crippen molar-refractivity contribution in [1.82, 2.24) is 0 Å². The van der Waals surface area contributed by atoms with Gasteiger partial charge in [-0.15, -0.1) is 0 Å². The van der Waals surface area contributed by atoms with Gasteiger partial charge in [-0.1, -0.05) is 13.3 Å². The van der Waals surface area contributed by atoms with Crippen molar-refractivity contribution in [3.05, 3.63) is 0 Å². The van der Waals surface area contributed by atoms with Gasteiger partial charge in [-0.25, -0.2) is 0 Å². The summed E-state index contributed by atoms with van der Waals surface area (Å²) >= 11 is 0. The Bertz CT molecular complexity index is 15.0. The van der Waals surface area contributed by atoms with Crippen molar-refractivity contribution in [2.24, 2.45) is 0 Å². The van der Waals surface area contributed by atoms with Crippen molar-refractivity contribution in [3.8, 4) is 0 Å². The molecule has 0 unspecified atom stereocenters. The van der Waals surface area contributed by atoms with E-state index in [9.17, 15) is 0 Å². The molecule has 2 radical (unpaired) electrons. The van der Waals surface area contributed by atoms with Crippen LogP contribution in [-0.2, 0) is 0 Å². The predicted molar refractivity (Wildman–Crippen MR) is 27.7 cm³/mol. The first kappa shape index (κ1) is 10.3. The van der Waals surface area contributed by atoms with Crippen LogP contribution >= 0.6 is 0 Å². The van der Waals surface area contributed by atoms with Gasteiger partial charge in [-0.2, -0.15) is 0 Å². The van der Waals surface area contributed by atoms with E-state index >= 15 is 0 Å². The van der Waals surface area contributed by atoms with Crippen LogP contribution in [0.25, 0.3) is 0 Å². The summed E-state index contributed by atoms with van der Waals surface area (Å²) in [6.45, 7) is 2.40. The van der Waals surface area contributed by atoms with Crippen LogP contribution in [0.15, 0.2) is 0 Å². The summed E-state index contributed by atoms with van der Waals surface area (Å²) in [6.07, 6.45) is 2.04. The van der Waals surface area contributed by atoms with E-state index in [1.807, 2.05) is 0 Å².